The summed E-state index contributed by atoms with van der Waals surface area (Å²) in [7, 11) is -3.94. The first-order valence-electron chi connectivity index (χ1n) is 11.0. The normalized spacial score (nSPS) is 13.3. The predicted octanol–water partition coefficient (Wildman–Crippen LogP) is 4.99. The number of carbonyl (C=O) groups is 1. The van der Waals surface area contributed by atoms with Gasteiger partial charge >= 0.3 is 0 Å². The van der Waals surface area contributed by atoms with Crippen LogP contribution >= 0.6 is 23.2 Å². The molecule has 0 saturated heterocycles. The third-order valence-electron chi connectivity index (χ3n) is 5.83. The summed E-state index contributed by atoms with van der Waals surface area (Å²) in [5, 5.41) is 7.82. The van der Waals surface area contributed by atoms with Gasteiger partial charge in [-0.3, -0.25) is 14.9 Å². The van der Waals surface area contributed by atoms with Crippen LogP contribution in [-0.4, -0.2) is 26.7 Å². The smallest absolute Gasteiger partial charge is 0.263 e. The van der Waals surface area contributed by atoms with Crippen molar-refractivity contribution in [3.05, 3.63) is 87.4 Å². The van der Waals surface area contributed by atoms with Gasteiger partial charge in [0.15, 0.2) is 0 Å². The van der Waals surface area contributed by atoms with Crippen LogP contribution in [0, 0.1) is 5.41 Å². The van der Waals surface area contributed by atoms with Crippen LogP contribution in [0.2, 0.25) is 10.0 Å². The molecule has 35 heavy (non-hydrogen) atoms. The van der Waals surface area contributed by atoms with Crippen molar-refractivity contribution in [3.8, 4) is 0 Å². The minimum absolute atomic E-state index is 0.000587. The van der Waals surface area contributed by atoms with Crippen molar-refractivity contribution in [1.82, 2.24) is 0 Å². The number of sulfonamides is 1. The fraction of sp³-hybridized carbons (Fsp3) is 0.200. The van der Waals surface area contributed by atoms with E-state index in [4.69, 9.17) is 34.3 Å². The van der Waals surface area contributed by atoms with Crippen LogP contribution < -0.4 is 15.4 Å². The molecule has 0 aromatic heterocycles. The Morgan fingerprint density at radius 2 is 1.80 bits per heavy atom. The number of nitrogens with one attached hydrogen (secondary N) is 2. The number of rotatable bonds is 7. The second-order valence-corrected chi connectivity index (χ2v) is 10.8. The molecule has 0 saturated carbocycles. The van der Waals surface area contributed by atoms with Crippen molar-refractivity contribution in [1.29, 1.82) is 5.41 Å². The number of halogens is 2. The number of amides is 1. The van der Waals surface area contributed by atoms with Crippen molar-refractivity contribution in [2.75, 3.05) is 16.2 Å². The maximum atomic E-state index is 13.0. The molecule has 0 fully saturated rings. The Bertz CT molecular complexity index is 1390. The summed E-state index contributed by atoms with van der Waals surface area (Å²) < 4.78 is 28.3. The molecular weight excluding hydrogens is 507 g/mol. The molecule has 0 spiro atoms. The van der Waals surface area contributed by atoms with E-state index in [9.17, 15) is 13.2 Å². The fourth-order valence-electron chi connectivity index (χ4n) is 4.05. The Morgan fingerprint density at radius 1 is 1.06 bits per heavy atom. The Balaban J connectivity index is 1.47. The van der Waals surface area contributed by atoms with E-state index in [1.165, 1.54) is 18.2 Å². The summed E-state index contributed by atoms with van der Waals surface area (Å²) in [6, 6.07) is 16.7. The summed E-state index contributed by atoms with van der Waals surface area (Å²) in [5.74, 6) is 0.00973. The molecule has 0 atom stereocenters. The van der Waals surface area contributed by atoms with Gasteiger partial charge in [-0.15, -0.1) is 0 Å². The summed E-state index contributed by atoms with van der Waals surface area (Å²) in [5.41, 5.74) is 9.20. The maximum absolute atomic E-state index is 13.0. The average molecular weight is 531 g/mol. The van der Waals surface area contributed by atoms with Crippen LogP contribution in [0.3, 0.4) is 0 Å². The lowest BCUT2D eigenvalue weighted by molar-refractivity contribution is -0.118. The number of aryl methyl sites for hydroxylation is 2. The summed E-state index contributed by atoms with van der Waals surface area (Å²) in [4.78, 5) is 14.7. The van der Waals surface area contributed by atoms with Gasteiger partial charge in [0.05, 0.1) is 5.02 Å². The number of hydrogen-bond acceptors (Lipinski definition) is 4. The Kier molecular flexibility index (Phi) is 7.35. The van der Waals surface area contributed by atoms with Gasteiger partial charge in [-0.1, -0.05) is 47.5 Å². The largest absolute Gasteiger partial charge is 0.384 e. The second-order valence-electron chi connectivity index (χ2n) is 8.28. The zero-order valence-electron chi connectivity index (χ0n) is 18.7. The topological polar surface area (TPSA) is 116 Å². The maximum Gasteiger partial charge on any atom is 0.263 e. The Labute approximate surface area is 214 Å². The molecular formula is C25H24Cl2N4O3S. The minimum Gasteiger partial charge on any atom is -0.384 e. The highest BCUT2D eigenvalue weighted by atomic mass is 35.5. The van der Waals surface area contributed by atoms with E-state index in [2.05, 4.69) is 4.72 Å². The first kappa shape index (κ1) is 25.0. The first-order chi connectivity index (χ1) is 16.6. The summed E-state index contributed by atoms with van der Waals surface area (Å²) in [6.45, 7) is 0.609. The molecule has 3 aromatic carbocycles. The summed E-state index contributed by atoms with van der Waals surface area (Å²) in [6.07, 6.45) is 2.42. The van der Waals surface area contributed by atoms with Gasteiger partial charge in [-0.2, -0.15) is 0 Å². The van der Waals surface area contributed by atoms with Crippen molar-refractivity contribution in [2.45, 2.75) is 30.6 Å². The Hall–Kier alpha value is -3.07. The molecule has 0 bridgehead atoms. The fourth-order valence-corrected chi connectivity index (χ4v) is 5.86. The number of hydrogen-bond donors (Lipinski definition) is 3. The van der Waals surface area contributed by atoms with Crippen LogP contribution in [0.25, 0.3) is 0 Å². The third-order valence-corrected chi connectivity index (χ3v) is 7.92. The molecule has 0 radical (unpaired) electrons. The first-order valence-corrected chi connectivity index (χ1v) is 13.2. The van der Waals surface area contributed by atoms with Gasteiger partial charge in [0.2, 0.25) is 5.91 Å². The van der Waals surface area contributed by atoms with Crippen molar-refractivity contribution in [2.24, 2.45) is 5.73 Å². The number of nitrogen functional groups attached to an aromatic ring is 1. The van der Waals surface area contributed by atoms with Crippen LogP contribution in [0.5, 0.6) is 0 Å². The molecule has 4 N–H and O–H groups in total. The molecule has 0 aliphatic carbocycles. The lowest BCUT2D eigenvalue weighted by Crippen LogP contribution is -2.35. The molecule has 0 unspecified atom stereocenters. The molecule has 7 nitrogen and oxygen atoms in total. The average Bonchev–Trinajstić information content (AvgIpc) is 2.83. The van der Waals surface area contributed by atoms with Gasteiger partial charge in [0.25, 0.3) is 10.0 Å². The molecule has 1 aliphatic rings. The van der Waals surface area contributed by atoms with Crippen LogP contribution in [-0.2, 0) is 27.7 Å². The molecule has 10 heteroatoms. The molecule has 1 amide bonds. The van der Waals surface area contributed by atoms with Crippen LogP contribution in [0.4, 0.5) is 11.4 Å². The predicted molar refractivity (Wildman–Crippen MR) is 140 cm³/mol. The third kappa shape index (κ3) is 5.78. The summed E-state index contributed by atoms with van der Waals surface area (Å²) >= 11 is 12.0. The van der Waals surface area contributed by atoms with Crippen molar-refractivity contribution in [3.63, 3.8) is 0 Å². The number of nitrogens with zero attached hydrogens (tertiary/aromatic N) is 1. The van der Waals surface area contributed by atoms with E-state index < -0.39 is 10.0 Å². The van der Waals surface area contributed by atoms with E-state index in [1.807, 2.05) is 12.1 Å². The molecule has 1 aliphatic heterocycles. The number of nitrogens with two attached hydrogens (primary N) is 1. The highest BCUT2D eigenvalue weighted by Gasteiger charge is 2.24. The van der Waals surface area contributed by atoms with Crippen molar-refractivity contribution < 1.29 is 13.2 Å². The van der Waals surface area contributed by atoms with Gasteiger partial charge < -0.3 is 10.6 Å². The highest BCUT2D eigenvalue weighted by Crippen LogP contribution is 2.32. The lowest BCUT2D eigenvalue weighted by Gasteiger charge is -2.30. The van der Waals surface area contributed by atoms with Gasteiger partial charge in [-0.25, -0.2) is 8.42 Å². The number of carbonyl (C=O) groups excluding carboxylic acids is 1. The van der Waals surface area contributed by atoms with Crippen LogP contribution in [0.1, 0.15) is 29.5 Å². The standard InChI is InChI=1S/C25H24Cl2N4O3S/c26-19-8-10-21(27)23(15-19)35(33,34)30-20-9-11-22-18(14-20)2-1-13-31(22)24(32)12-5-16-3-6-17(7-4-16)25(28)29/h3-4,6-11,14-15,30H,1-2,5,12-13H2,(H3,28,29). The van der Waals surface area contributed by atoms with E-state index in [-0.39, 0.29) is 26.7 Å². The van der Waals surface area contributed by atoms with E-state index in [0.29, 0.717) is 30.6 Å². The second kappa shape index (κ2) is 10.3. The van der Waals surface area contributed by atoms with E-state index in [1.54, 1.807) is 35.2 Å². The number of anilines is 2. The van der Waals surface area contributed by atoms with E-state index >= 15 is 0 Å². The molecule has 1 heterocycles. The quantitative estimate of drug-likeness (QED) is 0.294. The van der Waals surface area contributed by atoms with Gasteiger partial charge in [-0.05, 0) is 66.8 Å². The Morgan fingerprint density at radius 3 is 2.51 bits per heavy atom. The zero-order valence-corrected chi connectivity index (χ0v) is 21.1. The molecule has 4 rings (SSSR count). The van der Waals surface area contributed by atoms with Crippen molar-refractivity contribution >= 4 is 56.3 Å². The molecule has 3 aromatic rings. The van der Waals surface area contributed by atoms with E-state index in [0.717, 1.165) is 29.7 Å². The molecule has 182 valence electrons. The number of fused-ring (bicyclic) bond motifs is 1. The zero-order chi connectivity index (χ0) is 25.2. The SMILES string of the molecule is N=C(N)c1ccc(CCC(=O)N2CCCc3cc(NS(=O)(=O)c4cc(Cl)ccc4Cl)ccc32)cc1. The highest BCUT2D eigenvalue weighted by molar-refractivity contribution is 7.92. The van der Waals surface area contributed by atoms with Crippen LogP contribution in [0.15, 0.2) is 65.6 Å². The minimum atomic E-state index is -3.94. The monoisotopic (exact) mass is 530 g/mol. The van der Waals surface area contributed by atoms with Gasteiger partial charge in [0.1, 0.15) is 10.7 Å². The number of benzene rings is 3. The number of amidine groups is 1. The van der Waals surface area contributed by atoms with Gasteiger partial charge in [0, 0.05) is 34.9 Å². The lowest BCUT2D eigenvalue weighted by atomic mass is 10.00.